The zero-order valence-corrected chi connectivity index (χ0v) is 19.7. The van der Waals surface area contributed by atoms with Crippen molar-refractivity contribution >= 4 is 32.8 Å². The summed E-state index contributed by atoms with van der Waals surface area (Å²) >= 11 is 0. The summed E-state index contributed by atoms with van der Waals surface area (Å²) in [5.74, 6) is -2.77. The van der Waals surface area contributed by atoms with E-state index in [1.807, 2.05) is 0 Å². The van der Waals surface area contributed by atoms with E-state index in [2.05, 4.69) is 4.18 Å². The van der Waals surface area contributed by atoms with Crippen molar-refractivity contribution in [3.05, 3.63) is 63.7 Å². The van der Waals surface area contributed by atoms with Crippen LogP contribution in [0.5, 0.6) is 5.75 Å². The van der Waals surface area contributed by atoms with Crippen molar-refractivity contribution in [1.29, 1.82) is 0 Å². The molecule has 2 aromatic heterocycles. The molecule has 2 heterocycles. The molecular weight excluding hydrogens is 493 g/mol. The van der Waals surface area contributed by atoms with Crippen LogP contribution in [0.2, 0.25) is 0 Å². The Morgan fingerprint density at radius 1 is 1.09 bits per heavy atom. The maximum absolute atomic E-state index is 13.5. The van der Waals surface area contributed by atoms with Gasteiger partial charge in [-0.15, -0.1) is 0 Å². The van der Waals surface area contributed by atoms with E-state index < -0.39 is 56.3 Å². The summed E-state index contributed by atoms with van der Waals surface area (Å²) in [5.41, 5.74) is -6.97. The highest BCUT2D eigenvalue weighted by Crippen LogP contribution is 2.36. The monoisotopic (exact) mass is 514 g/mol. The van der Waals surface area contributed by atoms with Crippen LogP contribution in [0.15, 0.2) is 41.2 Å². The number of hydrogen-bond acceptors (Lipinski definition) is 7. The lowest BCUT2D eigenvalue weighted by molar-refractivity contribution is -0.0500. The average Bonchev–Trinajstić information content (AvgIpc) is 3.06. The van der Waals surface area contributed by atoms with E-state index >= 15 is 0 Å². The molecule has 188 valence electrons. The number of aryl methyl sites for hydroxylation is 2. The molecule has 9 nitrogen and oxygen atoms in total. The van der Waals surface area contributed by atoms with Gasteiger partial charge in [-0.1, -0.05) is 37.3 Å². The Labute approximate surface area is 197 Å². The minimum Gasteiger partial charge on any atom is -0.461 e. The van der Waals surface area contributed by atoms with E-state index in [1.165, 1.54) is 32.2 Å². The number of fused-ring (bicyclic) bond motifs is 1. The first-order chi connectivity index (χ1) is 16.3. The third-order valence-electron chi connectivity index (χ3n) is 5.21. The molecule has 0 amide bonds. The SMILES string of the molecule is CCOC(=O)c1c(OS(=O)(=O)C(F)(F)F)c2c(=O)n(CC(=O)c3ccccc3)c(CC)cc2n1C. The first-order valence-corrected chi connectivity index (χ1v) is 11.8. The van der Waals surface area contributed by atoms with E-state index in [0.29, 0.717) is 5.69 Å². The fourth-order valence-corrected chi connectivity index (χ4v) is 4.02. The van der Waals surface area contributed by atoms with Crippen molar-refractivity contribution in [2.24, 2.45) is 7.05 Å². The van der Waals surface area contributed by atoms with Gasteiger partial charge in [0.05, 0.1) is 18.7 Å². The summed E-state index contributed by atoms with van der Waals surface area (Å²) in [6.07, 6.45) is 0.240. The molecule has 0 atom stereocenters. The maximum atomic E-state index is 13.5. The number of halogens is 3. The van der Waals surface area contributed by atoms with Gasteiger partial charge in [-0.3, -0.25) is 9.59 Å². The van der Waals surface area contributed by atoms with E-state index in [4.69, 9.17) is 4.74 Å². The summed E-state index contributed by atoms with van der Waals surface area (Å²) in [5, 5.41) is -0.610. The fraction of sp³-hybridized carbons (Fsp3) is 0.318. The van der Waals surface area contributed by atoms with Crippen molar-refractivity contribution in [3.8, 4) is 5.75 Å². The molecule has 0 unspecified atom stereocenters. The van der Waals surface area contributed by atoms with Gasteiger partial charge in [0.2, 0.25) is 0 Å². The maximum Gasteiger partial charge on any atom is 0.534 e. The van der Waals surface area contributed by atoms with Crippen LogP contribution in [0.25, 0.3) is 10.9 Å². The fourth-order valence-electron chi connectivity index (χ4n) is 3.54. The molecule has 0 fully saturated rings. The highest BCUT2D eigenvalue weighted by Gasteiger charge is 2.50. The molecule has 35 heavy (non-hydrogen) atoms. The Bertz CT molecular complexity index is 1460. The molecule has 0 bridgehead atoms. The van der Waals surface area contributed by atoms with Crippen molar-refractivity contribution in [2.45, 2.75) is 32.3 Å². The van der Waals surface area contributed by atoms with Gasteiger partial charge >= 0.3 is 21.6 Å². The summed E-state index contributed by atoms with van der Waals surface area (Å²) in [4.78, 5) is 38.8. The van der Waals surface area contributed by atoms with E-state index in [1.54, 1.807) is 25.1 Å². The van der Waals surface area contributed by atoms with Gasteiger partial charge in [-0.2, -0.15) is 21.6 Å². The van der Waals surface area contributed by atoms with Gasteiger partial charge in [-0.25, -0.2) is 4.79 Å². The molecular formula is C22H21F3N2O7S. The smallest absolute Gasteiger partial charge is 0.461 e. The Hall–Kier alpha value is -3.61. The van der Waals surface area contributed by atoms with Gasteiger partial charge in [0.15, 0.2) is 17.2 Å². The number of aromatic nitrogens is 2. The molecule has 0 aliphatic heterocycles. The number of hydrogen-bond donors (Lipinski definition) is 0. The standard InChI is InChI=1S/C22H21F3N2O7S/c1-4-14-11-15-17(20(29)27(14)12-16(28)13-9-7-6-8-10-13)19(34-35(31,32)22(23,24)25)18(26(15)3)21(30)33-5-2/h6-11H,4-5,12H2,1-3H3. The van der Waals surface area contributed by atoms with Crippen molar-refractivity contribution in [2.75, 3.05) is 6.61 Å². The second-order valence-corrected chi connectivity index (χ2v) is 8.91. The predicted octanol–water partition coefficient (Wildman–Crippen LogP) is 3.19. The van der Waals surface area contributed by atoms with Gasteiger partial charge in [0.1, 0.15) is 5.39 Å². The third-order valence-corrected chi connectivity index (χ3v) is 6.16. The van der Waals surface area contributed by atoms with Crippen LogP contribution in [0.3, 0.4) is 0 Å². The zero-order chi connectivity index (χ0) is 26.1. The zero-order valence-electron chi connectivity index (χ0n) is 18.9. The van der Waals surface area contributed by atoms with Crippen molar-refractivity contribution in [1.82, 2.24) is 9.13 Å². The number of Topliss-reactive ketones (excluding diaryl/α,β-unsaturated/α-hetero) is 1. The first kappa shape index (κ1) is 26.0. The Morgan fingerprint density at radius 3 is 2.26 bits per heavy atom. The molecule has 0 N–H and O–H groups in total. The minimum absolute atomic E-state index is 0.0642. The van der Waals surface area contributed by atoms with Crippen molar-refractivity contribution in [3.63, 3.8) is 0 Å². The van der Waals surface area contributed by atoms with Gasteiger partial charge in [0.25, 0.3) is 5.56 Å². The quantitative estimate of drug-likeness (QED) is 0.196. The number of ether oxygens (including phenoxy) is 1. The van der Waals surface area contributed by atoms with Crippen molar-refractivity contribution < 1.29 is 40.1 Å². The number of benzene rings is 1. The summed E-state index contributed by atoms with van der Waals surface area (Å²) in [6, 6.07) is 9.38. The van der Waals surface area contributed by atoms with Crippen LogP contribution in [0.4, 0.5) is 13.2 Å². The van der Waals surface area contributed by atoms with Crippen LogP contribution < -0.4 is 9.74 Å². The summed E-state index contributed by atoms with van der Waals surface area (Å²) in [6.45, 7) is 2.47. The Balaban J connectivity index is 2.33. The molecule has 3 rings (SSSR count). The molecule has 13 heteroatoms. The van der Waals surface area contributed by atoms with Gasteiger partial charge < -0.3 is 18.1 Å². The third kappa shape index (κ3) is 4.81. The molecule has 0 aliphatic rings. The number of nitrogens with zero attached hydrogens (tertiary/aromatic N) is 2. The highest BCUT2D eigenvalue weighted by atomic mass is 32.2. The van der Waals surface area contributed by atoms with Crippen LogP contribution in [-0.4, -0.2) is 41.4 Å². The molecule has 0 saturated carbocycles. The number of rotatable bonds is 8. The molecule has 0 saturated heterocycles. The second kappa shape index (κ2) is 9.56. The number of pyridine rings is 1. The molecule has 0 aliphatic carbocycles. The summed E-state index contributed by atoms with van der Waals surface area (Å²) < 4.78 is 74.2. The summed E-state index contributed by atoms with van der Waals surface area (Å²) in [7, 11) is -5.00. The number of ketones is 1. The van der Waals surface area contributed by atoms with Crippen LogP contribution >= 0.6 is 0 Å². The molecule has 0 spiro atoms. The largest absolute Gasteiger partial charge is 0.534 e. The average molecular weight is 514 g/mol. The van der Waals surface area contributed by atoms with E-state index in [0.717, 1.165) is 9.13 Å². The lowest BCUT2D eigenvalue weighted by atomic mass is 10.1. The number of carbonyl (C=O) groups is 2. The minimum atomic E-state index is -6.25. The van der Waals surface area contributed by atoms with E-state index in [-0.39, 0.29) is 24.1 Å². The normalized spacial score (nSPS) is 12.1. The van der Waals surface area contributed by atoms with Gasteiger partial charge in [0, 0.05) is 18.3 Å². The van der Waals surface area contributed by atoms with Crippen LogP contribution in [-0.2, 0) is 34.9 Å². The first-order valence-electron chi connectivity index (χ1n) is 10.3. The second-order valence-electron chi connectivity index (χ2n) is 7.37. The molecule has 3 aromatic rings. The Kier molecular flexibility index (Phi) is 7.11. The lowest BCUT2D eigenvalue weighted by Crippen LogP contribution is -2.30. The van der Waals surface area contributed by atoms with Crippen LogP contribution in [0, 0.1) is 0 Å². The number of esters is 1. The molecule has 0 radical (unpaired) electrons. The topological polar surface area (TPSA) is 114 Å². The number of carbonyl (C=O) groups excluding carboxylic acids is 2. The number of alkyl halides is 3. The Morgan fingerprint density at radius 2 is 1.71 bits per heavy atom. The predicted molar refractivity (Wildman–Crippen MR) is 119 cm³/mol. The molecule has 1 aromatic carbocycles. The van der Waals surface area contributed by atoms with Gasteiger partial charge in [-0.05, 0) is 19.4 Å². The van der Waals surface area contributed by atoms with Crippen LogP contribution in [0.1, 0.15) is 40.4 Å². The highest BCUT2D eigenvalue weighted by molar-refractivity contribution is 7.88. The van der Waals surface area contributed by atoms with E-state index in [9.17, 15) is 36.0 Å². The lowest BCUT2D eigenvalue weighted by Gasteiger charge is -2.13.